The highest BCUT2D eigenvalue weighted by molar-refractivity contribution is 5.79. The first-order valence-corrected chi connectivity index (χ1v) is 12.6. The minimum atomic E-state index is 0.0962. The van der Waals surface area contributed by atoms with Crippen LogP contribution in [0.5, 0.6) is 5.75 Å². The first kappa shape index (κ1) is 24.3. The molecule has 0 unspecified atom stereocenters. The van der Waals surface area contributed by atoms with Crippen molar-refractivity contribution in [2.75, 3.05) is 32.8 Å². The Bertz CT molecular complexity index is 949. The summed E-state index contributed by atoms with van der Waals surface area (Å²) in [5.74, 6) is 1.80. The molecular weight excluding hydrogens is 426 g/mol. The summed E-state index contributed by atoms with van der Waals surface area (Å²) in [7, 11) is 0. The number of fused-ring (bicyclic) bond motifs is 3. The van der Waals surface area contributed by atoms with E-state index in [1.165, 1.54) is 0 Å². The molecule has 2 aliphatic rings. The molecule has 0 saturated carbocycles. The average Bonchev–Trinajstić information content (AvgIpc) is 2.87. The highest BCUT2D eigenvalue weighted by Gasteiger charge is 2.33. The molecule has 0 aliphatic carbocycles. The van der Waals surface area contributed by atoms with Gasteiger partial charge < -0.3 is 15.0 Å². The number of ether oxygens (including phenoxy) is 1. The van der Waals surface area contributed by atoms with E-state index in [-0.39, 0.29) is 11.8 Å². The van der Waals surface area contributed by atoms with Crippen molar-refractivity contribution in [3.8, 4) is 5.75 Å². The molecule has 34 heavy (non-hydrogen) atoms. The van der Waals surface area contributed by atoms with Crippen LogP contribution in [0.15, 0.2) is 54.6 Å². The van der Waals surface area contributed by atoms with Crippen molar-refractivity contribution in [2.24, 2.45) is 11.8 Å². The molecule has 2 aliphatic heterocycles. The molecule has 0 spiro atoms. The molecule has 0 radical (unpaired) electrons. The second-order valence-corrected chi connectivity index (χ2v) is 9.52. The van der Waals surface area contributed by atoms with Crippen molar-refractivity contribution < 1.29 is 14.3 Å². The minimum absolute atomic E-state index is 0.0962. The lowest BCUT2D eigenvalue weighted by molar-refractivity contribution is -0.135. The molecule has 1 N–H and O–H groups in total. The zero-order chi connectivity index (χ0) is 23.8. The Hall–Kier alpha value is -2.86. The monoisotopic (exact) mass is 463 g/mol. The van der Waals surface area contributed by atoms with Crippen molar-refractivity contribution >= 4 is 11.8 Å². The van der Waals surface area contributed by atoms with E-state index in [0.29, 0.717) is 44.5 Å². The van der Waals surface area contributed by atoms with Gasteiger partial charge in [-0.2, -0.15) is 0 Å². The summed E-state index contributed by atoms with van der Waals surface area (Å²) >= 11 is 0. The number of amides is 2. The van der Waals surface area contributed by atoms with Gasteiger partial charge in [-0.1, -0.05) is 55.5 Å². The zero-order valence-electron chi connectivity index (χ0n) is 20.2. The number of rotatable bonds is 5. The van der Waals surface area contributed by atoms with Gasteiger partial charge in [0.15, 0.2) is 0 Å². The summed E-state index contributed by atoms with van der Waals surface area (Å²) in [5, 5.41) is 3.08. The summed E-state index contributed by atoms with van der Waals surface area (Å²) in [6, 6.07) is 18.1. The summed E-state index contributed by atoms with van der Waals surface area (Å²) in [6.45, 7) is 6.71. The molecule has 2 aromatic rings. The van der Waals surface area contributed by atoms with E-state index in [1.54, 1.807) is 0 Å². The SMILES string of the molecule is CCN1CC(=O)N2CC[C@@H](CC(=O)NCc3ccccc3)[C@@H](CCCOc3ccccc3C1)C2. The van der Waals surface area contributed by atoms with Crippen LogP contribution in [0.1, 0.15) is 43.7 Å². The number of likely N-dealkylation sites (N-methyl/N-ethyl adjacent to an activating group) is 1. The van der Waals surface area contributed by atoms with Crippen molar-refractivity contribution in [3.63, 3.8) is 0 Å². The summed E-state index contributed by atoms with van der Waals surface area (Å²) < 4.78 is 6.16. The number of piperidine rings is 1. The van der Waals surface area contributed by atoms with Crippen LogP contribution >= 0.6 is 0 Å². The standard InChI is InChI=1S/C28H37N3O3/c1-2-30-19-25-11-6-7-13-26(25)34-16-8-12-24-20-31(28(33)21-30)15-14-23(24)17-27(32)29-18-22-9-4-3-5-10-22/h3-7,9-11,13,23-24H,2,8,12,14-21H2,1H3,(H,29,32)/t23-,24-/m0/s1. The van der Waals surface area contributed by atoms with Crippen LogP contribution in [0.3, 0.4) is 0 Å². The molecule has 6 heteroatoms. The number of hydrogen-bond acceptors (Lipinski definition) is 4. The third-order valence-corrected chi connectivity index (χ3v) is 7.17. The van der Waals surface area contributed by atoms with E-state index in [4.69, 9.17) is 4.74 Å². The number of carbonyl (C=O) groups excluding carboxylic acids is 2. The van der Waals surface area contributed by atoms with Gasteiger partial charge in [0.05, 0.1) is 13.2 Å². The van der Waals surface area contributed by atoms with Gasteiger partial charge in [-0.05, 0) is 49.3 Å². The number of hydrogen-bond donors (Lipinski definition) is 1. The normalized spacial score (nSPS) is 21.9. The van der Waals surface area contributed by atoms with E-state index in [2.05, 4.69) is 23.2 Å². The molecule has 2 bridgehead atoms. The number of para-hydroxylation sites is 1. The molecule has 2 heterocycles. The van der Waals surface area contributed by atoms with Gasteiger partial charge in [-0.15, -0.1) is 0 Å². The molecular formula is C28H37N3O3. The number of benzene rings is 2. The smallest absolute Gasteiger partial charge is 0.236 e. The number of nitrogens with one attached hydrogen (secondary N) is 1. The van der Waals surface area contributed by atoms with E-state index in [9.17, 15) is 9.59 Å². The van der Waals surface area contributed by atoms with E-state index < -0.39 is 0 Å². The second kappa shape index (κ2) is 12.0. The van der Waals surface area contributed by atoms with Gasteiger partial charge in [0, 0.05) is 38.2 Å². The number of nitrogens with zero attached hydrogens (tertiary/aromatic N) is 2. The quantitative estimate of drug-likeness (QED) is 0.732. The summed E-state index contributed by atoms with van der Waals surface area (Å²) in [6.07, 6.45) is 3.27. The fraction of sp³-hybridized carbons (Fsp3) is 0.500. The van der Waals surface area contributed by atoms with Crippen LogP contribution in [0.4, 0.5) is 0 Å². The molecule has 6 nitrogen and oxygen atoms in total. The third kappa shape index (κ3) is 6.60. The van der Waals surface area contributed by atoms with Gasteiger partial charge in [-0.25, -0.2) is 0 Å². The fourth-order valence-electron chi connectivity index (χ4n) is 5.12. The molecule has 2 aromatic carbocycles. The maximum atomic E-state index is 13.2. The lowest BCUT2D eigenvalue weighted by Gasteiger charge is -2.39. The Labute approximate surface area is 203 Å². The summed E-state index contributed by atoms with van der Waals surface area (Å²) in [4.78, 5) is 30.1. The molecule has 4 rings (SSSR count). The maximum absolute atomic E-state index is 13.2. The van der Waals surface area contributed by atoms with E-state index in [0.717, 1.165) is 55.8 Å². The van der Waals surface area contributed by atoms with Gasteiger partial charge in [0.2, 0.25) is 11.8 Å². The Morgan fingerprint density at radius 2 is 1.85 bits per heavy atom. The molecule has 0 aromatic heterocycles. The van der Waals surface area contributed by atoms with Crippen LogP contribution < -0.4 is 10.1 Å². The second-order valence-electron chi connectivity index (χ2n) is 9.52. The Morgan fingerprint density at radius 3 is 2.68 bits per heavy atom. The molecule has 2 amide bonds. The first-order valence-electron chi connectivity index (χ1n) is 12.6. The predicted molar refractivity (Wildman–Crippen MR) is 133 cm³/mol. The van der Waals surface area contributed by atoms with Crippen molar-refractivity contribution in [1.82, 2.24) is 15.1 Å². The zero-order valence-corrected chi connectivity index (χ0v) is 20.2. The van der Waals surface area contributed by atoms with Crippen molar-refractivity contribution in [3.05, 3.63) is 65.7 Å². The van der Waals surface area contributed by atoms with E-state index in [1.807, 2.05) is 53.4 Å². The molecule has 182 valence electrons. The first-order chi connectivity index (χ1) is 16.6. The predicted octanol–water partition coefficient (Wildman–Crippen LogP) is 3.85. The van der Waals surface area contributed by atoms with Crippen LogP contribution in [-0.4, -0.2) is 54.4 Å². The van der Waals surface area contributed by atoms with Crippen molar-refractivity contribution in [1.29, 1.82) is 0 Å². The third-order valence-electron chi connectivity index (χ3n) is 7.17. The Balaban J connectivity index is 1.41. The molecule has 2 atom stereocenters. The lowest BCUT2D eigenvalue weighted by Crippen LogP contribution is -2.48. The summed E-state index contributed by atoms with van der Waals surface area (Å²) in [5.41, 5.74) is 2.23. The van der Waals surface area contributed by atoms with Gasteiger partial charge in [-0.3, -0.25) is 14.5 Å². The van der Waals surface area contributed by atoms with Crippen LogP contribution in [0.2, 0.25) is 0 Å². The average molecular weight is 464 g/mol. The van der Waals surface area contributed by atoms with Crippen LogP contribution in [0.25, 0.3) is 0 Å². The van der Waals surface area contributed by atoms with Gasteiger partial charge in [0.1, 0.15) is 5.75 Å². The number of carbonyl (C=O) groups is 2. The van der Waals surface area contributed by atoms with Crippen LogP contribution in [-0.2, 0) is 22.7 Å². The van der Waals surface area contributed by atoms with E-state index >= 15 is 0 Å². The van der Waals surface area contributed by atoms with Crippen molar-refractivity contribution in [2.45, 2.75) is 45.7 Å². The largest absolute Gasteiger partial charge is 0.493 e. The highest BCUT2D eigenvalue weighted by atomic mass is 16.5. The van der Waals surface area contributed by atoms with Crippen LogP contribution in [0, 0.1) is 11.8 Å². The highest BCUT2D eigenvalue weighted by Crippen LogP contribution is 2.31. The molecule has 1 saturated heterocycles. The molecule has 1 fully saturated rings. The van der Waals surface area contributed by atoms with Gasteiger partial charge >= 0.3 is 0 Å². The van der Waals surface area contributed by atoms with Gasteiger partial charge in [0.25, 0.3) is 0 Å². The Morgan fingerprint density at radius 1 is 1.06 bits per heavy atom. The fourth-order valence-corrected chi connectivity index (χ4v) is 5.12. The minimum Gasteiger partial charge on any atom is -0.493 e. The Kier molecular flexibility index (Phi) is 8.58. The lowest BCUT2D eigenvalue weighted by atomic mass is 9.80. The maximum Gasteiger partial charge on any atom is 0.236 e. The topological polar surface area (TPSA) is 61.9 Å².